The molecule has 3 N–H and O–H groups in total. The lowest BCUT2D eigenvalue weighted by Gasteiger charge is -2.28. The van der Waals surface area contributed by atoms with Crippen LogP contribution >= 0.6 is 0 Å². The van der Waals surface area contributed by atoms with Gasteiger partial charge in [0, 0.05) is 17.2 Å². The Bertz CT molecular complexity index is 544. The van der Waals surface area contributed by atoms with Crippen LogP contribution in [0.5, 0.6) is 0 Å². The van der Waals surface area contributed by atoms with Gasteiger partial charge < -0.3 is 11.1 Å². The molecule has 108 valence electrons. The van der Waals surface area contributed by atoms with Gasteiger partial charge in [-0.05, 0) is 37.0 Å². The molecule has 0 aliphatic heterocycles. The van der Waals surface area contributed by atoms with Gasteiger partial charge in [-0.3, -0.25) is 4.79 Å². The topological polar surface area (TPSA) is 55.1 Å². The summed E-state index contributed by atoms with van der Waals surface area (Å²) in [7, 11) is 0. The van der Waals surface area contributed by atoms with E-state index in [1.165, 1.54) is 0 Å². The van der Waals surface area contributed by atoms with E-state index in [4.69, 9.17) is 5.73 Å². The van der Waals surface area contributed by atoms with Crippen molar-refractivity contribution < 1.29 is 4.79 Å². The average Bonchev–Trinajstić information content (AvgIpc) is 2.36. The maximum Gasteiger partial charge on any atom is 0.251 e. The van der Waals surface area contributed by atoms with E-state index in [9.17, 15) is 4.79 Å². The predicted molar refractivity (Wildman–Crippen MR) is 83.5 cm³/mol. The SMILES string of the molecule is Cc1ccc(C(=O)NC(C)C(C)(C)C)cc1C#CCN. The molecule has 0 fully saturated rings. The lowest BCUT2D eigenvalue weighted by atomic mass is 9.88. The fourth-order valence-corrected chi connectivity index (χ4v) is 1.54. The molecule has 20 heavy (non-hydrogen) atoms. The van der Waals surface area contributed by atoms with E-state index in [0.29, 0.717) is 12.1 Å². The third-order valence-corrected chi connectivity index (χ3v) is 3.47. The monoisotopic (exact) mass is 272 g/mol. The summed E-state index contributed by atoms with van der Waals surface area (Å²) in [4.78, 5) is 12.3. The number of amides is 1. The fraction of sp³-hybridized carbons (Fsp3) is 0.471. The Kier molecular flexibility index (Phi) is 5.35. The molecular weight excluding hydrogens is 248 g/mol. The molecule has 0 bridgehead atoms. The molecule has 0 aliphatic rings. The summed E-state index contributed by atoms with van der Waals surface area (Å²) < 4.78 is 0. The maximum atomic E-state index is 12.3. The number of hydrogen-bond donors (Lipinski definition) is 2. The number of carbonyl (C=O) groups is 1. The van der Waals surface area contributed by atoms with Crippen molar-refractivity contribution in [3.63, 3.8) is 0 Å². The zero-order valence-corrected chi connectivity index (χ0v) is 13.0. The summed E-state index contributed by atoms with van der Waals surface area (Å²) >= 11 is 0. The van der Waals surface area contributed by atoms with Gasteiger partial charge in [0.05, 0.1) is 6.54 Å². The van der Waals surface area contributed by atoms with Crippen LogP contribution in [0.3, 0.4) is 0 Å². The molecule has 3 nitrogen and oxygen atoms in total. The normalized spacial score (nSPS) is 12.3. The number of hydrogen-bond acceptors (Lipinski definition) is 2. The van der Waals surface area contributed by atoms with Gasteiger partial charge in [-0.15, -0.1) is 0 Å². The van der Waals surface area contributed by atoms with E-state index in [0.717, 1.165) is 11.1 Å². The summed E-state index contributed by atoms with van der Waals surface area (Å²) in [5.74, 6) is 5.75. The molecule has 0 saturated heterocycles. The van der Waals surface area contributed by atoms with Gasteiger partial charge in [0.25, 0.3) is 5.91 Å². The number of nitrogens with two attached hydrogens (primary N) is 1. The fourth-order valence-electron chi connectivity index (χ4n) is 1.54. The molecule has 0 spiro atoms. The van der Waals surface area contributed by atoms with Crippen molar-refractivity contribution in [1.82, 2.24) is 5.32 Å². The lowest BCUT2D eigenvalue weighted by Crippen LogP contribution is -2.41. The molecule has 3 heteroatoms. The minimum Gasteiger partial charge on any atom is -0.349 e. The van der Waals surface area contributed by atoms with E-state index in [-0.39, 0.29) is 17.4 Å². The number of rotatable bonds is 2. The van der Waals surface area contributed by atoms with Crippen molar-refractivity contribution in [2.45, 2.75) is 40.7 Å². The van der Waals surface area contributed by atoms with E-state index in [2.05, 4.69) is 37.9 Å². The molecule has 1 aromatic carbocycles. The highest BCUT2D eigenvalue weighted by Gasteiger charge is 2.22. The second-order valence-corrected chi connectivity index (χ2v) is 6.10. The zero-order chi connectivity index (χ0) is 15.3. The first-order valence-electron chi connectivity index (χ1n) is 6.86. The first-order chi connectivity index (χ1) is 9.25. The molecule has 1 aromatic rings. The maximum absolute atomic E-state index is 12.3. The molecule has 1 amide bonds. The van der Waals surface area contributed by atoms with E-state index in [1.54, 1.807) is 0 Å². The highest BCUT2D eigenvalue weighted by molar-refractivity contribution is 5.94. The van der Waals surface area contributed by atoms with Crippen LogP contribution in [-0.4, -0.2) is 18.5 Å². The molecule has 0 aromatic heterocycles. The Hall–Kier alpha value is -1.79. The Morgan fingerprint density at radius 3 is 2.60 bits per heavy atom. The van der Waals surface area contributed by atoms with Gasteiger partial charge in [-0.1, -0.05) is 38.7 Å². The Morgan fingerprint density at radius 1 is 1.40 bits per heavy atom. The van der Waals surface area contributed by atoms with Crippen molar-refractivity contribution in [3.05, 3.63) is 34.9 Å². The number of benzene rings is 1. The molecular formula is C17H24N2O. The van der Waals surface area contributed by atoms with Gasteiger partial charge in [-0.2, -0.15) is 0 Å². The van der Waals surface area contributed by atoms with Crippen LogP contribution in [0.2, 0.25) is 0 Å². The molecule has 0 radical (unpaired) electrons. The number of aryl methyl sites for hydroxylation is 1. The summed E-state index contributed by atoms with van der Waals surface area (Å²) in [5, 5.41) is 3.03. The van der Waals surface area contributed by atoms with Crippen LogP contribution in [0.15, 0.2) is 18.2 Å². The first-order valence-corrected chi connectivity index (χ1v) is 6.86. The van der Waals surface area contributed by atoms with Gasteiger partial charge >= 0.3 is 0 Å². The minimum absolute atomic E-state index is 0.0303. The minimum atomic E-state index is -0.0665. The second-order valence-electron chi connectivity index (χ2n) is 6.10. The van der Waals surface area contributed by atoms with Crippen LogP contribution in [0.25, 0.3) is 0 Å². The average molecular weight is 272 g/mol. The smallest absolute Gasteiger partial charge is 0.251 e. The molecule has 1 unspecified atom stereocenters. The molecule has 1 rings (SSSR count). The molecule has 1 atom stereocenters. The standard InChI is InChI=1S/C17H24N2O/c1-12-8-9-15(11-14(12)7-6-10-18)16(20)19-13(2)17(3,4)5/h8-9,11,13H,10,18H2,1-5H3,(H,19,20). The van der Waals surface area contributed by atoms with Crippen molar-refractivity contribution in [2.75, 3.05) is 6.54 Å². The number of carbonyl (C=O) groups excluding carboxylic acids is 1. The van der Waals surface area contributed by atoms with Gasteiger partial charge in [0.2, 0.25) is 0 Å². The van der Waals surface area contributed by atoms with E-state index in [1.807, 2.05) is 32.0 Å². The van der Waals surface area contributed by atoms with Crippen LogP contribution in [-0.2, 0) is 0 Å². The number of nitrogens with one attached hydrogen (secondary N) is 1. The van der Waals surface area contributed by atoms with Crippen molar-refractivity contribution in [2.24, 2.45) is 11.1 Å². The van der Waals surface area contributed by atoms with Crippen molar-refractivity contribution >= 4 is 5.91 Å². The molecule has 0 saturated carbocycles. The van der Waals surface area contributed by atoms with Gasteiger partial charge in [0.1, 0.15) is 0 Å². The third kappa shape index (κ3) is 4.40. The van der Waals surface area contributed by atoms with Crippen LogP contribution < -0.4 is 11.1 Å². The Labute approximate surface area is 121 Å². The van der Waals surface area contributed by atoms with Crippen LogP contribution in [0.4, 0.5) is 0 Å². The Balaban J connectivity index is 2.95. The van der Waals surface area contributed by atoms with Crippen LogP contribution in [0.1, 0.15) is 49.2 Å². The largest absolute Gasteiger partial charge is 0.349 e. The second kappa shape index (κ2) is 6.58. The summed E-state index contributed by atoms with van der Waals surface area (Å²) in [5.41, 5.74) is 7.95. The Morgan fingerprint density at radius 2 is 2.05 bits per heavy atom. The first kappa shape index (κ1) is 16.3. The highest BCUT2D eigenvalue weighted by atomic mass is 16.1. The summed E-state index contributed by atoms with van der Waals surface area (Å²) in [6, 6.07) is 5.66. The van der Waals surface area contributed by atoms with E-state index >= 15 is 0 Å². The van der Waals surface area contributed by atoms with Gasteiger partial charge in [-0.25, -0.2) is 0 Å². The van der Waals surface area contributed by atoms with Crippen molar-refractivity contribution in [1.29, 1.82) is 0 Å². The third-order valence-electron chi connectivity index (χ3n) is 3.47. The summed E-state index contributed by atoms with van der Waals surface area (Å²) in [6.45, 7) is 10.6. The van der Waals surface area contributed by atoms with Crippen molar-refractivity contribution in [3.8, 4) is 11.8 Å². The zero-order valence-electron chi connectivity index (χ0n) is 13.0. The highest BCUT2D eigenvalue weighted by Crippen LogP contribution is 2.19. The lowest BCUT2D eigenvalue weighted by molar-refractivity contribution is 0.0910. The molecule has 0 aliphatic carbocycles. The van der Waals surface area contributed by atoms with Gasteiger partial charge in [0.15, 0.2) is 0 Å². The predicted octanol–water partition coefficient (Wildman–Crippen LogP) is 2.47. The molecule has 0 heterocycles. The van der Waals surface area contributed by atoms with Crippen LogP contribution in [0, 0.1) is 24.2 Å². The van der Waals surface area contributed by atoms with E-state index < -0.39 is 0 Å². The summed E-state index contributed by atoms with van der Waals surface area (Å²) in [6.07, 6.45) is 0. The quantitative estimate of drug-likeness (QED) is 0.813.